The molecule has 0 aliphatic heterocycles. The number of aromatic amines is 1. The molecule has 0 saturated heterocycles. The number of fused-ring (bicyclic) bond motifs is 1. The highest BCUT2D eigenvalue weighted by Gasteiger charge is 2.22. The van der Waals surface area contributed by atoms with E-state index in [-0.39, 0.29) is 13.2 Å². The summed E-state index contributed by atoms with van der Waals surface area (Å²) in [5.41, 5.74) is 1.99. The molecule has 1 unspecified atom stereocenters. The second-order valence-corrected chi connectivity index (χ2v) is 8.17. The van der Waals surface area contributed by atoms with Crippen molar-refractivity contribution in [1.29, 1.82) is 0 Å². The Kier molecular flexibility index (Phi) is 8.32. The van der Waals surface area contributed by atoms with Crippen LogP contribution >= 0.6 is 0 Å². The molecule has 0 fully saturated rings. The number of carboxylic acids is 1. The summed E-state index contributed by atoms with van der Waals surface area (Å²) in [5.74, 6) is -1.05. The van der Waals surface area contributed by atoms with Crippen LogP contribution < -0.4 is 16.0 Å². The predicted molar refractivity (Wildman–Crippen MR) is 135 cm³/mol. The second-order valence-electron chi connectivity index (χ2n) is 8.17. The second kappa shape index (κ2) is 12.2. The number of carbonyl (C=O) groups excluding carboxylic acids is 2. The minimum atomic E-state index is -1.35. The largest absolute Gasteiger partial charge is 0.480 e. The average molecular weight is 506 g/mol. The molecule has 0 radical (unpaired) electrons. The molecule has 12 nitrogen and oxygen atoms in total. The lowest BCUT2D eigenvalue weighted by Gasteiger charge is -2.15. The van der Waals surface area contributed by atoms with Gasteiger partial charge in [-0.2, -0.15) is 5.10 Å². The normalized spacial score (nSPS) is 11.6. The molecular formula is C25H27N7O5. The highest BCUT2D eigenvalue weighted by atomic mass is 16.5. The van der Waals surface area contributed by atoms with Gasteiger partial charge in [0.05, 0.1) is 11.7 Å². The smallest absolute Gasteiger partial charge is 0.408 e. The van der Waals surface area contributed by atoms with Crippen molar-refractivity contribution >= 4 is 34.8 Å². The van der Waals surface area contributed by atoms with Gasteiger partial charge in [-0.1, -0.05) is 30.3 Å². The van der Waals surface area contributed by atoms with Crippen molar-refractivity contribution in [2.24, 2.45) is 0 Å². The summed E-state index contributed by atoms with van der Waals surface area (Å²) in [6.45, 7) is 1.08. The van der Waals surface area contributed by atoms with Crippen molar-refractivity contribution < 1.29 is 24.2 Å². The van der Waals surface area contributed by atoms with E-state index in [0.29, 0.717) is 24.6 Å². The maximum absolute atomic E-state index is 12.6. The number of carbonyl (C=O) groups is 3. The van der Waals surface area contributed by atoms with Gasteiger partial charge in [-0.3, -0.25) is 9.48 Å². The molecular weight excluding hydrogens is 478 g/mol. The number of nitrogens with zero attached hydrogens (tertiary/aromatic N) is 3. The Labute approximate surface area is 212 Å². The number of amides is 2. The molecule has 0 bridgehead atoms. The van der Waals surface area contributed by atoms with Crippen LogP contribution in [0.1, 0.15) is 22.3 Å². The number of hydrogen-bond acceptors (Lipinski definition) is 7. The van der Waals surface area contributed by atoms with E-state index in [1.807, 2.05) is 10.7 Å². The molecule has 2 amide bonds. The average Bonchev–Trinajstić information content (AvgIpc) is 3.57. The third-order valence-electron chi connectivity index (χ3n) is 5.51. The van der Waals surface area contributed by atoms with Gasteiger partial charge in [0, 0.05) is 43.0 Å². The summed E-state index contributed by atoms with van der Waals surface area (Å²) in [5, 5.41) is 22.6. The van der Waals surface area contributed by atoms with Crippen molar-refractivity contribution in [3.05, 3.63) is 78.2 Å². The SMILES string of the molecule is O=C(NC(CNC(=O)c1ccc2c(cnn2CCCNc2ncc[nH]2)c1)C(=O)O)OCc1ccccc1. The van der Waals surface area contributed by atoms with E-state index in [4.69, 9.17) is 4.74 Å². The van der Waals surface area contributed by atoms with Gasteiger partial charge in [-0.15, -0.1) is 0 Å². The number of imidazole rings is 1. The number of alkyl carbamates (subject to hydrolysis) is 1. The van der Waals surface area contributed by atoms with Gasteiger partial charge < -0.3 is 30.8 Å². The summed E-state index contributed by atoms with van der Waals surface area (Å²) in [6.07, 6.45) is 5.03. The zero-order valence-corrected chi connectivity index (χ0v) is 19.9. The van der Waals surface area contributed by atoms with E-state index in [9.17, 15) is 19.5 Å². The van der Waals surface area contributed by atoms with Crippen LogP contribution in [0.5, 0.6) is 0 Å². The highest BCUT2D eigenvalue weighted by molar-refractivity contribution is 5.98. The minimum absolute atomic E-state index is 0.000435. The standard InChI is InChI=1S/C25H27N7O5/c33-22(29-15-20(23(34)35)31-25(36)37-16-17-5-2-1-3-6-17)18-7-8-21-19(13-18)14-30-32(21)12-4-9-26-24-27-10-11-28-24/h1-3,5-8,10-11,13-14,20H,4,9,12,15-16H2,(H,29,33)(H,31,36)(H,34,35)(H2,26,27,28). The Morgan fingerprint density at radius 2 is 1.97 bits per heavy atom. The van der Waals surface area contributed by atoms with Gasteiger partial charge in [0.1, 0.15) is 12.6 Å². The third kappa shape index (κ3) is 7.07. The molecule has 0 spiro atoms. The number of H-pyrrole nitrogens is 1. The summed E-state index contributed by atoms with van der Waals surface area (Å²) in [4.78, 5) is 43.3. The maximum Gasteiger partial charge on any atom is 0.408 e. The van der Waals surface area contributed by atoms with Gasteiger partial charge in [0.25, 0.3) is 5.91 Å². The lowest BCUT2D eigenvalue weighted by Crippen LogP contribution is -2.48. The van der Waals surface area contributed by atoms with Gasteiger partial charge >= 0.3 is 12.1 Å². The van der Waals surface area contributed by atoms with Gasteiger partial charge in [-0.25, -0.2) is 14.6 Å². The van der Waals surface area contributed by atoms with Crippen LogP contribution in [0.15, 0.2) is 67.1 Å². The monoisotopic (exact) mass is 505 g/mol. The number of hydrogen-bond donors (Lipinski definition) is 5. The first-order chi connectivity index (χ1) is 18.0. The van der Waals surface area contributed by atoms with Crippen molar-refractivity contribution in [2.45, 2.75) is 25.6 Å². The van der Waals surface area contributed by atoms with Crippen molar-refractivity contribution in [2.75, 3.05) is 18.4 Å². The van der Waals surface area contributed by atoms with Crippen LogP contribution in [-0.4, -0.2) is 62.0 Å². The zero-order valence-electron chi connectivity index (χ0n) is 19.9. The molecule has 2 aromatic carbocycles. The van der Waals surface area contributed by atoms with E-state index in [1.54, 1.807) is 61.1 Å². The molecule has 5 N–H and O–H groups in total. The van der Waals surface area contributed by atoms with E-state index in [2.05, 4.69) is 31.0 Å². The molecule has 0 aliphatic carbocycles. The lowest BCUT2D eigenvalue weighted by atomic mass is 10.1. The molecule has 2 heterocycles. The van der Waals surface area contributed by atoms with E-state index >= 15 is 0 Å². The zero-order chi connectivity index (χ0) is 26.0. The summed E-state index contributed by atoms with van der Waals surface area (Å²) in [7, 11) is 0. The van der Waals surface area contributed by atoms with Crippen LogP contribution in [0.4, 0.5) is 10.7 Å². The lowest BCUT2D eigenvalue weighted by molar-refractivity contribution is -0.139. The Balaban J connectivity index is 1.26. The first kappa shape index (κ1) is 25.2. The fraction of sp³-hybridized carbons (Fsp3) is 0.240. The van der Waals surface area contributed by atoms with Crippen LogP contribution in [0.25, 0.3) is 10.9 Å². The van der Waals surface area contributed by atoms with Crippen LogP contribution in [0.3, 0.4) is 0 Å². The number of aryl methyl sites for hydroxylation is 1. The van der Waals surface area contributed by atoms with Crippen LogP contribution in [-0.2, 0) is 22.7 Å². The fourth-order valence-electron chi connectivity index (χ4n) is 3.61. The topological polar surface area (TPSA) is 163 Å². The molecule has 12 heteroatoms. The van der Waals surface area contributed by atoms with Crippen molar-refractivity contribution in [3.8, 4) is 0 Å². The fourth-order valence-corrected chi connectivity index (χ4v) is 3.61. The molecule has 0 aliphatic rings. The Morgan fingerprint density at radius 1 is 1.14 bits per heavy atom. The number of aromatic nitrogens is 4. The molecule has 4 aromatic rings. The molecule has 192 valence electrons. The predicted octanol–water partition coefficient (Wildman–Crippen LogP) is 2.37. The number of benzene rings is 2. The van der Waals surface area contributed by atoms with E-state index in [0.717, 1.165) is 22.9 Å². The first-order valence-corrected chi connectivity index (χ1v) is 11.7. The van der Waals surface area contributed by atoms with Crippen LogP contribution in [0, 0.1) is 0 Å². The van der Waals surface area contributed by atoms with E-state index < -0.39 is 24.0 Å². The summed E-state index contributed by atoms with van der Waals surface area (Å²) < 4.78 is 6.91. The van der Waals surface area contributed by atoms with Gasteiger partial charge in [0.15, 0.2) is 5.95 Å². The molecule has 4 rings (SSSR count). The number of carboxylic acid groups (broad SMARTS) is 1. The Bertz CT molecular complexity index is 1340. The summed E-state index contributed by atoms with van der Waals surface area (Å²) in [6, 6.07) is 12.8. The Hall–Kier alpha value is -4.87. The first-order valence-electron chi connectivity index (χ1n) is 11.7. The van der Waals surface area contributed by atoms with Crippen LogP contribution in [0.2, 0.25) is 0 Å². The molecule has 2 aromatic heterocycles. The number of anilines is 1. The molecule has 1 atom stereocenters. The number of aliphatic carboxylic acids is 1. The van der Waals surface area contributed by atoms with E-state index in [1.165, 1.54) is 0 Å². The molecule has 0 saturated carbocycles. The van der Waals surface area contributed by atoms with Crippen molar-refractivity contribution in [3.63, 3.8) is 0 Å². The number of nitrogens with one attached hydrogen (secondary N) is 4. The summed E-state index contributed by atoms with van der Waals surface area (Å²) >= 11 is 0. The highest BCUT2D eigenvalue weighted by Crippen LogP contribution is 2.16. The van der Waals surface area contributed by atoms with Gasteiger partial charge in [0.2, 0.25) is 0 Å². The Morgan fingerprint density at radius 3 is 2.73 bits per heavy atom. The van der Waals surface area contributed by atoms with Gasteiger partial charge in [-0.05, 0) is 30.2 Å². The third-order valence-corrected chi connectivity index (χ3v) is 5.51. The number of rotatable bonds is 12. The maximum atomic E-state index is 12.6. The minimum Gasteiger partial charge on any atom is -0.480 e. The quantitative estimate of drug-likeness (QED) is 0.183. The van der Waals surface area contributed by atoms with Crippen molar-refractivity contribution in [1.82, 2.24) is 30.4 Å². The number of ether oxygens (including phenoxy) is 1. The molecule has 37 heavy (non-hydrogen) atoms.